The van der Waals surface area contributed by atoms with Gasteiger partial charge in [-0.3, -0.25) is 14.5 Å². The van der Waals surface area contributed by atoms with Crippen LogP contribution in [0, 0.1) is 13.8 Å². The summed E-state index contributed by atoms with van der Waals surface area (Å²) in [5.74, 6) is -0.222. The van der Waals surface area contributed by atoms with E-state index < -0.39 is 6.04 Å². The Kier molecular flexibility index (Phi) is 6.00. The van der Waals surface area contributed by atoms with Crippen molar-refractivity contribution in [1.29, 1.82) is 0 Å². The summed E-state index contributed by atoms with van der Waals surface area (Å²) in [7, 11) is 1.67. The molecule has 3 aliphatic heterocycles. The average Bonchev–Trinajstić information content (AvgIpc) is 3.36. The summed E-state index contributed by atoms with van der Waals surface area (Å²) >= 11 is 0. The van der Waals surface area contributed by atoms with Gasteiger partial charge in [-0.2, -0.15) is 0 Å². The van der Waals surface area contributed by atoms with Gasteiger partial charge in [0, 0.05) is 33.2 Å². The van der Waals surface area contributed by atoms with Crippen molar-refractivity contribution in [3.05, 3.63) is 46.2 Å². The van der Waals surface area contributed by atoms with Crippen LogP contribution in [0.2, 0.25) is 0 Å². The summed E-state index contributed by atoms with van der Waals surface area (Å²) in [5.41, 5.74) is 4.38. The molecular weight excluding hydrogens is 396 g/mol. The maximum absolute atomic E-state index is 13.3. The molecule has 4 rings (SSSR count). The number of likely N-dealkylation sites (N-methyl/N-ethyl adjacent to an activating group) is 1. The number of nitrogens with zero attached hydrogens (tertiary/aromatic N) is 2. The van der Waals surface area contributed by atoms with Crippen LogP contribution in [-0.2, 0) is 14.3 Å². The van der Waals surface area contributed by atoms with Crippen LogP contribution < -0.4 is 10.6 Å². The number of carbonyl (C=O) groups is 3. The van der Waals surface area contributed by atoms with Gasteiger partial charge >= 0.3 is 6.03 Å². The van der Waals surface area contributed by atoms with Gasteiger partial charge in [-0.1, -0.05) is 23.8 Å². The minimum absolute atomic E-state index is 0.0931. The van der Waals surface area contributed by atoms with E-state index in [0.29, 0.717) is 30.9 Å². The topological polar surface area (TPSA) is 91.0 Å². The molecule has 0 bridgehead atoms. The van der Waals surface area contributed by atoms with Gasteiger partial charge in [-0.05, 0) is 37.8 Å². The van der Waals surface area contributed by atoms with Crippen molar-refractivity contribution in [2.75, 3.05) is 33.3 Å². The van der Waals surface area contributed by atoms with Crippen molar-refractivity contribution in [3.8, 4) is 0 Å². The predicted molar refractivity (Wildman–Crippen MR) is 115 cm³/mol. The van der Waals surface area contributed by atoms with Crippen LogP contribution in [0.4, 0.5) is 4.79 Å². The zero-order chi connectivity index (χ0) is 22.1. The fourth-order valence-electron chi connectivity index (χ4n) is 4.54. The smallest absolute Gasteiger partial charge is 0.322 e. The lowest BCUT2D eigenvalue weighted by atomic mass is 9.91. The SMILES string of the molecule is Cc1ccc(C2NC(=O)N(C)C3=C2C(=O)N(CCC(=O)NCC2CCCO2)C3)c(C)c1. The first kappa shape index (κ1) is 21.4. The fraction of sp³-hybridized carbons (Fsp3) is 0.522. The zero-order valence-corrected chi connectivity index (χ0v) is 18.4. The van der Waals surface area contributed by atoms with Crippen LogP contribution in [0.25, 0.3) is 0 Å². The predicted octanol–water partition coefficient (Wildman–Crippen LogP) is 1.78. The number of nitrogens with one attached hydrogen (secondary N) is 2. The number of hydrogen-bond donors (Lipinski definition) is 2. The number of hydrogen-bond acceptors (Lipinski definition) is 4. The van der Waals surface area contributed by atoms with Gasteiger partial charge in [0.05, 0.1) is 30.0 Å². The van der Waals surface area contributed by atoms with Crippen LogP contribution >= 0.6 is 0 Å². The Hall–Kier alpha value is -2.87. The Balaban J connectivity index is 1.44. The average molecular weight is 427 g/mol. The second kappa shape index (κ2) is 8.70. The van der Waals surface area contributed by atoms with E-state index in [-0.39, 0.29) is 30.4 Å². The monoisotopic (exact) mass is 426 g/mol. The Morgan fingerprint density at radius 1 is 1.29 bits per heavy atom. The Bertz CT molecular complexity index is 936. The van der Waals surface area contributed by atoms with Crippen molar-refractivity contribution >= 4 is 17.8 Å². The van der Waals surface area contributed by atoms with Crippen LogP contribution in [0.3, 0.4) is 0 Å². The molecule has 0 aromatic heterocycles. The number of ether oxygens (including phenoxy) is 1. The molecule has 0 saturated carbocycles. The molecule has 0 aliphatic carbocycles. The quantitative estimate of drug-likeness (QED) is 0.726. The van der Waals surface area contributed by atoms with E-state index >= 15 is 0 Å². The van der Waals surface area contributed by atoms with E-state index in [1.807, 2.05) is 26.0 Å². The lowest BCUT2D eigenvalue weighted by Gasteiger charge is -2.31. The molecule has 3 heterocycles. The third-order valence-electron chi connectivity index (χ3n) is 6.33. The van der Waals surface area contributed by atoms with Crippen molar-refractivity contribution in [3.63, 3.8) is 0 Å². The molecule has 1 aromatic rings. The highest BCUT2D eigenvalue weighted by Gasteiger charge is 2.43. The third-order valence-corrected chi connectivity index (χ3v) is 6.33. The summed E-state index contributed by atoms with van der Waals surface area (Å²) in [6.45, 7) is 5.91. The van der Waals surface area contributed by atoms with Crippen LogP contribution in [0.15, 0.2) is 29.5 Å². The molecule has 31 heavy (non-hydrogen) atoms. The molecular formula is C23H30N4O4. The molecule has 1 saturated heterocycles. The minimum Gasteiger partial charge on any atom is -0.376 e. The van der Waals surface area contributed by atoms with Crippen molar-refractivity contribution in [2.45, 2.75) is 45.3 Å². The molecule has 8 nitrogen and oxygen atoms in total. The molecule has 3 aliphatic rings. The van der Waals surface area contributed by atoms with Crippen LogP contribution in [-0.4, -0.2) is 67.0 Å². The van der Waals surface area contributed by atoms with Gasteiger partial charge in [0.2, 0.25) is 5.91 Å². The summed E-state index contributed by atoms with van der Waals surface area (Å²) in [5, 5.41) is 5.87. The maximum Gasteiger partial charge on any atom is 0.322 e. The number of urea groups is 1. The Morgan fingerprint density at radius 3 is 2.81 bits per heavy atom. The van der Waals surface area contributed by atoms with Crippen LogP contribution in [0.1, 0.15) is 42.0 Å². The molecule has 1 fully saturated rings. The first-order valence-electron chi connectivity index (χ1n) is 10.9. The summed E-state index contributed by atoms with van der Waals surface area (Å²) < 4.78 is 5.52. The normalized spacial score (nSPS) is 23.3. The second-order valence-electron chi connectivity index (χ2n) is 8.58. The van der Waals surface area contributed by atoms with E-state index in [2.05, 4.69) is 16.7 Å². The van der Waals surface area contributed by atoms with E-state index in [0.717, 1.165) is 36.1 Å². The van der Waals surface area contributed by atoms with Gasteiger partial charge < -0.3 is 20.3 Å². The molecule has 0 radical (unpaired) electrons. The molecule has 2 unspecified atom stereocenters. The molecule has 2 N–H and O–H groups in total. The van der Waals surface area contributed by atoms with E-state index in [1.54, 1.807) is 11.9 Å². The van der Waals surface area contributed by atoms with Gasteiger partial charge in [0.1, 0.15) is 0 Å². The highest BCUT2D eigenvalue weighted by molar-refractivity contribution is 6.01. The molecule has 1 aromatic carbocycles. The maximum atomic E-state index is 13.3. The Morgan fingerprint density at radius 2 is 2.10 bits per heavy atom. The number of aryl methyl sites for hydroxylation is 2. The number of rotatable bonds is 6. The van der Waals surface area contributed by atoms with Gasteiger partial charge in [-0.15, -0.1) is 0 Å². The van der Waals surface area contributed by atoms with E-state index in [9.17, 15) is 14.4 Å². The molecule has 0 spiro atoms. The minimum atomic E-state index is -0.481. The molecule has 166 valence electrons. The Labute approximate surface area is 182 Å². The number of carbonyl (C=O) groups excluding carboxylic acids is 3. The molecule has 2 atom stereocenters. The van der Waals surface area contributed by atoms with Crippen LogP contribution in [0.5, 0.6) is 0 Å². The second-order valence-corrected chi connectivity index (χ2v) is 8.58. The number of benzene rings is 1. The lowest BCUT2D eigenvalue weighted by molar-refractivity contribution is -0.127. The standard InChI is InChI=1S/C23H30N4O4/c1-14-6-7-17(15(2)11-14)21-20-18(26(3)23(30)25-21)13-27(22(20)29)9-8-19(28)24-12-16-5-4-10-31-16/h6-7,11,16,21H,4-5,8-10,12-13H2,1-3H3,(H,24,28)(H,25,30). The first-order valence-corrected chi connectivity index (χ1v) is 10.9. The highest BCUT2D eigenvalue weighted by Crippen LogP contribution is 2.36. The van der Waals surface area contributed by atoms with Gasteiger partial charge in [0.25, 0.3) is 5.91 Å². The summed E-state index contributed by atoms with van der Waals surface area (Å²) in [4.78, 5) is 41.3. The third kappa shape index (κ3) is 4.30. The van der Waals surface area contributed by atoms with Gasteiger partial charge in [0.15, 0.2) is 0 Å². The molecule has 8 heteroatoms. The fourth-order valence-corrected chi connectivity index (χ4v) is 4.54. The summed E-state index contributed by atoms with van der Waals surface area (Å²) in [6, 6.07) is 5.30. The summed E-state index contributed by atoms with van der Waals surface area (Å²) in [6.07, 6.45) is 2.31. The van der Waals surface area contributed by atoms with Crippen molar-refractivity contribution < 1.29 is 19.1 Å². The first-order chi connectivity index (χ1) is 14.8. The highest BCUT2D eigenvalue weighted by atomic mass is 16.5. The van der Waals surface area contributed by atoms with Gasteiger partial charge in [-0.25, -0.2) is 4.79 Å². The van der Waals surface area contributed by atoms with E-state index in [1.165, 1.54) is 4.90 Å². The van der Waals surface area contributed by atoms with E-state index in [4.69, 9.17) is 4.74 Å². The lowest BCUT2D eigenvalue weighted by Crippen LogP contribution is -2.45. The van der Waals surface area contributed by atoms with Crippen molar-refractivity contribution in [2.24, 2.45) is 0 Å². The zero-order valence-electron chi connectivity index (χ0n) is 18.4. The molecule has 4 amide bonds. The largest absolute Gasteiger partial charge is 0.376 e. The number of amides is 4. The van der Waals surface area contributed by atoms with Crippen molar-refractivity contribution in [1.82, 2.24) is 20.4 Å².